The largest absolute Gasteiger partial charge is 0.378 e. The van der Waals surface area contributed by atoms with Crippen LogP contribution in [0.2, 0.25) is 0 Å². The number of hydrogen-bond donors (Lipinski definition) is 1. The second kappa shape index (κ2) is 6.64. The number of benzene rings is 1. The first kappa shape index (κ1) is 15.8. The van der Waals surface area contributed by atoms with Crippen LogP contribution in [-0.4, -0.2) is 59.3 Å². The van der Waals surface area contributed by atoms with Gasteiger partial charge in [-0.1, -0.05) is 0 Å². The molecule has 0 spiro atoms. The van der Waals surface area contributed by atoms with Crippen LogP contribution in [0.5, 0.6) is 0 Å². The number of carbonyl (C=O) groups excluding carboxylic acids is 1. The van der Waals surface area contributed by atoms with Crippen LogP contribution in [0.25, 0.3) is 11.0 Å². The lowest BCUT2D eigenvalue weighted by molar-refractivity contribution is 0.0941. The van der Waals surface area contributed by atoms with E-state index in [0.29, 0.717) is 11.6 Å². The van der Waals surface area contributed by atoms with Crippen molar-refractivity contribution in [2.75, 3.05) is 42.7 Å². The summed E-state index contributed by atoms with van der Waals surface area (Å²) in [5, 5.41) is 3.12. The number of anilines is 1. The maximum absolute atomic E-state index is 12.5. The van der Waals surface area contributed by atoms with Gasteiger partial charge in [-0.15, -0.1) is 0 Å². The third-order valence-corrected chi connectivity index (χ3v) is 5.84. The Kier molecular flexibility index (Phi) is 4.37. The van der Waals surface area contributed by atoms with E-state index in [1.807, 2.05) is 37.0 Å². The molecule has 6 nitrogen and oxygen atoms in total. The summed E-state index contributed by atoms with van der Waals surface area (Å²) in [6, 6.07) is 6.08. The first-order chi connectivity index (χ1) is 11.7. The molecule has 2 fully saturated rings. The van der Waals surface area contributed by atoms with E-state index in [2.05, 4.69) is 14.8 Å². The normalized spacial score (nSPS) is 21.4. The minimum atomic E-state index is 0.00276. The second-order valence-electron chi connectivity index (χ2n) is 6.31. The van der Waals surface area contributed by atoms with Crippen LogP contribution in [0, 0.1) is 0 Å². The molecular formula is C17H22N4O2S. The Morgan fingerprint density at radius 2 is 2.21 bits per heavy atom. The molecule has 0 radical (unpaired) electrons. The highest BCUT2D eigenvalue weighted by Crippen LogP contribution is 2.23. The lowest BCUT2D eigenvalue weighted by Gasteiger charge is -2.27. The highest BCUT2D eigenvalue weighted by atomic mass is 32.2. The predicted molar refractivity (Wildman–Crippen MR) is 96.9 cm³/mol. The van der Waals surface area contributed by atoms with Gasteiger partial charge in [0.05, 0.1) is 24.2 Å². The number of thioether (sulfide) groups is 1. The van der Waals surface area contributed by atoms with Gasteiger partial charge in [0.2, 0.25) is 5.95 Å². The standard InChI is InChI=1S/C17H22N4O2S/c1-20-15-3-2-12(16(22)18-13-4-9-24-11-13)10-14(15)19-17(20)21-5-7-23-8-6-21/h2-3,10,13H,4-9,11H2,1H3,(H,18,22). The van der Waals surface area contributed by atoms with E-state index in [0.717, 1.165) is 61.2 Å². The maximum atomic E-state index is 12.5. The van der Waals surface area contributed by atoms with Crippen LogP contribution in [0.3, 0.4) is 0 Å². The average molecular weight is 346 g/mol. The summed E-state index contributed by atoms with van der Waals surface area (Å²) in [5.41, 5.74) is 2.60. The van der Waals surface area contributed by atoms with Crippen LogP contribution in [0.15, 0.2) is 18.2 Å². The number of imidazole rings is 1. The van der Waals surface area contributed by atoms with E-state index in [1.54, 1.807) is 0 Å². The average Bonchev–Trinajstić information content (AvgIpc) is 3.23. The molecule has 2 saturated heterocycles. The summed E-state index contributed by atoms with van der Waals surface area (Å²) >= 11 is 1.90. The quantitative estimate of drug-likeness (QED) is 0.916. The van der Waals surface area contributed by atoms with Crippen LogP contribution in [-0.2, 0) is 11.8 Å². The van der Waals surface area contributed by atoms with Crippen molar-refractivity contribution in [3.05, 3.63) is 23.8 Å². The monoisotopic (exact) mass is 346 g/mol. The molecule has 1 N–H and O–H groups in total. The van der Waals surface area contributed by atoms with Crippen LogP contribution in [0.1, 0.15) is 16.8 Å². The van der Waals surface area contributed by atoms with Crippen molar-refractivity contribution >= 4 is 34.7 Å². The number of aryl methyl sites for hydroxylation is 1. The zero-order valence-corrected chi connectivity index (χ0v) is 14.6. The van der Waals surface area contributed by atoms with Crippen LogP contribution >= 0.6 is 11.8 Å². The Balaban J connectivity index is 1.59. The SMILES string of the molecule is Cn1c(N2CCOCC2)nc2cc(C(=O)NC3CCSC3)ccc21. The van der Waals surface area contributed by atoms with Gasteiger partial charge in [0, 0.05) is 37.5 Å². The van der Waals surface area contributed by atoms with E-state index in [4.69, 9.17) is 9.72 Å². The van der Waals surface area contributed by atoms with Crippen molar-refractivity contribution in [2.45, 2.75) is 12.5 Å². The van der Waals surface area contributed by atoms with Gasteiger partial charge in [0.25, 0.3) is 5.91 Å². The molecule has 1 amide bonds. The number of ether oxygens (including phenoxy) is 1. The number of morpholine rings is 1. The van der Waals surface area contributed by atoms with Gasteiger partial charge in [-0.3, -0.25) is 4.79 Å². The molecule has 0 bridgehead atoms. The smallest absolute Gasteiger partial charge is 0.251 e. The molecule has 1 aromatic heterocycles. The summed E-state index contributed by atoms with van der Waals surface area (Å²) in [5.74, 6) is 3.09. The third-order valence-electron chi connectivity index (χ3n) is 4.68. The Bertz CT molecular complexity index is 748. The summed E-state index contributed by atoms with van der Waals surface area (Å²) in [6.45, 7) is 3.17. The summed E-state index contributed by atoms with van der Waals surface area (Å²) in [7, 11) is 2.02. The van der Waals surface area contributed by atoms with Crippen molar-refractivity contribution in [3.8, 4) is 0 Å². The fourth-order valence-corrected chi connectivity index (χ4v) is 4.44. The molecule has 0 aliphatic carbocycles. The minimum absolute atomic E-state index is 0.00276. The Labute approximate surface area is 145 Å². The van der Waals surface area contributed by atoms with E-state index >= 15 is 0 Å². The number of rotatable bonds is 3. The Morgan fingerprint density at radius 3 is 2.96 bits per heavy atom. The zero-order chi connectivity index (χ0) is 16.5. The fraction of sp³-hybridized carbons (Fsp3) is 0.529. The van der Waals surface area contributed by atoms with Crippen molar-refractivity contribution in [2.24, 2.45) is 7.05 Å². The molecule has 1 aromatic carbocycles. The molecule has 2 aliphatic rings. The van der Waals surface area contributed by atoms with E-state index < -0.39 is 0 Å². The summed E-state index contributed by atoms with van der Waals surface area (Å²) in [4.78, 5) is 19.5. The molecule has 3 heterocycles. The highest BCUT2D eigenvalue weighted by molar-refractivity contribution is 7.99. The number of hydrogen-bond acceptors (Lipinski definition) is 5. The second-order valence-corrected chi connectivity index (χ2v) is 7.46. The van der Waals surface area contributed by atoms with Crippen molar-refractivity contribution < 1.29 is 9.53 Å². The zero-order valence-electron chi connectivity index (χ0n) is 13.8. The van der Waals surface area contributed by atoms with Crippen molar-refractivity contribution in [1.82, 2.24) is 14.9 Å². The van der Waals surface area contributed by atoms with Crippen molar-refractivity contribution in [1.29, 1.82) is 0 Å². The van der Waals surface area contributed by atoms with Gasteiger partial charge >= 0.3 is 0 Å². The lowest BCUT2D eigenvalue weighted by atomic mass is 10.1. The van der Waals surface area contributed by atoms with E-state index in [-0.39, 0.29) is 5.91 Å². The summed E-state index contributed by atoms with van der Waals surface area (Å²) in [6.07, 6.45) is 1.06. The number of nitrogens with one attached hydrogen (secondary N) is 1. The van der Waals surface area contributed by atoms with Gasteiger partial charge in [-0.05, 0) is 30.4 Å². The topological polar surface area (TPSA) is 59.4 Å². The van der Waals surface area contributed by atoms with E-state index in [9.17, 15) is 4.79 Å². The molecule has 24 heavy (non-hydrogen) atoms. The van der Waals surface area contributed by atoms with Gasteiger partial charge in [0.15, 0.2) is 0 Å². The number of carbonyl (C=O) groups is 1. The van der Waals surface area contributed by atoms with Crippen LogP contribution in [0.4, 0.5) is 5.95 Å². The fourth-order valence-electron chi connectivity index (χ4n) is 3.29. The maximum Gasteiger partial charge on any atom is 0.251 e. The van der Waals surface area contributed by atoms with Gasteiger partial charge in [-0.25, -0.2) is 4.98 Å². The molecule has 128 valence electrons. The lowest BCUT2D eigenvalue weighted by Crippen LogP contribution is -2.37. The van der Waals surface area contributed by atoms with Crippen LogP contribution < -0.4 is 10.2 Å². The number of nitrogens with zero attached hydrogens (tertiary/aromatic N) is 3. The molecule has 4 rings (SSSR count). The molecular weight excluding hydrogens is 324 g/mol. The van der Waals surface area contributed by atoms with Crippen molar-refractivity contribution in [3.63, 3.8) is 0 Å². The number of fused-ring (bicyclic) bond motifs is 1. The predicted octanol–water partition coefficient (Wildman–Crippen LogP) is 1.65. The molecule has 1 atom stereocenters. The van der Waals surface area contributed by atoms with Gasteiger partial charge in [0.1, 0.15) is 0 Å². The minimum Gasteiger partial charge on any atom is -0.378 e. The molecule has 2 aliphatic heterocycles. The van der Waals surface area contributed by atoms with Gasteiger partial charge < -0.3 is 19.5 Å². The molecule has 2 aromatic rings. The first-order valence-electron chi connectivity index (χ1n) is 8.40. The number of aromatic nitrogens is 2. The molecule has 7 heteroatoms. The first-order valence-corrected chi connectivity index (χ1v) is 9.55. The summed E-state index contributed by atoms with van der Waals surface area (Å²) < 4.78 is 7.51. The van der Waals surface area contributed by atoms with E-state index in [1.165, 1.54) is 0 Å². The molecule has 1 unspecified atom stereocenters. The third kappa shape index (κ3) is 2.98. The Morgan fingerprint density at radius 1 is 1.38 bits per heavy atom. The van der Waals surface area contributed by atoms with Gasteiger partial charge in [-0.2, -0.15) is 11.8 Å². The Hall–Kier alpha value is -1.73. The highest BCUT2D eigenvalue weighted by Gasteiger charge is 2.21. The molecule has 0 saturated carbocycles. The number of amides is 1.